The molecule has 0 radical (unpaired) electrons. The van der Waals surface area contributed by atoms with Gasteiger partial charge >= 0.3 is 0 Å². The minimum Gasteiger partial charge on any atom is -0.305 e. The maximum atomic E-state index is 13.2. The van der Waals surface area contributed by atoms with Crippen LogP contribution in [0, 0.1) is 5.82 Å². The van der Waals surface area contributed by atoms with Gasteiger partial charge in [0.15, 0.2) is 11.5 Å². The number of rotatable bonds is 2. The number of aromatic amines is 1. The average molecular weight is 280 g/mol. The molecule has 0 aliphatic rings. The molecular formula is C12H7F3N4O. The van der Waals surface area contributed by atoms with Gasteiger partial charge in [-0.3, -0.25) is 4.79 Å². The van der Waals surface area contributed by atoms with Crippen molar-refractivity contribution < 1.29 is 13.2 Å². The number of aromatic nitrogens is 4. The number of fused-ring (bicyclic) bond motifs is 1. The Hall–Kier alpha value is -2.64. The van der Waals surface area contributed by atoms with Gasteiger partial charge in [0.05, 0.1) is 11.9 Å². The lowest BCUT2D eigenvalue weighted by Gasteiger charge is -2.04. The van der Waals surface area contributed by atoms with Crippen molar-refractivity contribution in [1.82, 2.24) is 19.7 Å². The predicted octanol–water partition coefficient (Wildman–Crippen LogP) is 2.19. The molecule has 0 saturated carbocycles. The van der Waals surface area contributed by atoms with Gasteiger partial charge in [-0.2, -0.15) is 5.10 Å². The molecule has 5 nitrogen and oxygen atoms in total. The third kappa shape index (κ3) is 1.94. The highest BCUT2D eigenvalue weighted by atomic mass is 19.3. The molecule has 0 unspecified atom stereocenters. The molecule has 2 aromatic heterocycles. The zero-order valence-electron chi connectivity index (χ0n) is 9.85. The van der Waals surface area contributed by atoms with Gasteiger partial charge < -0.3 is 4.98 Å². The molecule has 3 rings (SSSR count). The Balaban J connectivity index is 2.30. The van der Waals surface area contributed by atoms with Crippen LogP contribution in [-0.4, -0.2) is 19.7 Å². The van der Waals surface area contributed by atoms with Crippen LogP contribution in [0.1, 0.15) is 12.2 Å². The molecule has 0 atom stereocenters. The number of benzene rings is 1. The number of halogens is 3. The van der Waals surface area contributed by atoms with E-state index in [9.17, 15) is 18.0 Å². The van der Waals surface area contributed by atoms with E-state index in [4.69, 9.17) is 0 Å². The van der Waals surface area contributed by atoms with Crippen LogP contribution < -0.4 is 5.56 Å². The lowest BCUT2D eigenvalue weighted by Crippen LogP contribution is -2.12. The molecule has 0 spiro atoms. The van der Waals surface area contributed by atoms with Crippen LogP contribution in [0.15, 0.2) is 35.3 Å². The van der Waals surface area contributed by atoms with Crippen LogP contribution in [0.4, 0.5) is 13.2 Å². The van der Waals surface area contributed by atoms with Crippen LogP contribution in [0.2, 0.25) is 0 Å². The van der Waals surface area contributed by atoms with Crippen molar-refractivity contribution in [2.24, 2.45) is 0 Å². The number of alkyl halides is 2. The largest absolute Gasteiger partial charge is 0.305 e. The van der Waals surface area contributed by atoms with Gasteiger partial charge in [-0.25, -0.2) is 22.8 Å². The average Bonchev–Trinajstić information content (AvgIpc) is 2.83. The summed E-state index contributed by atoms with van der Waals surface area (Å²) in [5.41, 5.74) is -0.471. The summed E-state index contributed by atoms with van der Waals surface area (Å²) in [7, 11) is 0. The number of nitrogens with zero attached hydrogens (tertiary/aromatic N) is 3. The van der Waals surface area contributed by atoms with E-state index in [0.717, 1.165) is 10.7 Å². The molecule has 20 heavy (non-hydrogen) atoms. The molecule has 3 aromatic rings. The summed E-state index contributed by atoms with van der Waals surface area (Å²) in [5, 5.41) is 3.94. The molecule has 0 aliphatic heterocycles. The zero-order valence-corrected chi connectivity index (χ0v) is 9.85. The van der Waals surface area contributed by atoms with E-state index in [2.05, 4.69) is 10.1 Å². The monoisotopic (exact) mass is 280 g/mol. The number of nitrogens with one attached hydrogen (secondary N) is 1. The number of hydrogen-bond acceptors (Lipinski definition) is 3. The Morgan fingerprint density at radius 1 is 1.30 bits per heavy atom. The van der Waals surface area contributed by atoms with E-state index in [-0.39, 0.29) is 11.0 Å². The summed E-state index contributed by atoms with van der Waals surface area (Å²) in [5.74, 6) is -1.26. The van der Waals surface area contributed by atoms with Gasteiger partial charge in [-0.15, -0.1) is 0 Å². The molecule has 0 bridgehead atoms. The molecule has 0 aliphatic carbocycles. The lowest BCUT2D eigenvalue weighted by molar-refractivity contribution is 0.140. The molecule has 0 saturated heterocycles. The van der Waals surface area contributed by atoms with Gasteiger partial charge in [0.25, 0.3) is 12.0 Å². The first-order valence-electron chi connectivity index (χ1n) is 5.58. The predicted molar refractivity (Wildman–Crippen MR) is 64.4 cm³/mol. The second kappa shape index (κ2) is 4.48. The smallest absolute Gasteiger partial charge is 0.295 e. The Morgan fingerprint density at radius 3 is 2.80 bits per heavy atom. The highest BCUT2D eigenvalue weighted by molar-refractivity contribution is 5.75. The van der Waals surface area contributed by atoms with Crippen LogP contribution in [0.5, 0.6) is 0 Å². The van der Waals surface area contributed by atoms with Crippen LogP contribution in [0.25, 0.3) is 16.7 Å². The molecular weight excluding hydrogens is 273 g/mol. The Kier molecular flexibility index (Phi) is 2.78. The van der Waals surface area contributed by atoms with E-state index in [1.54, 1.807) is 0 Å². The molecule has 1 aromatic carbocycles. The fraction of sp³-hybridized carbons (Fsp3) is 0.0833. The van der Waals surface area contributed by atoms with Gasteiger partial charge in [0.2, 0.25) is 0 Å². The Morgan fingerprint density at radius 2 is 2.10 bits per heavy atom. The normalized spacial score (nSPS) is 11.4. The van der Waals surface area contributed by atoms with Crippen molar-refractivity contribution in [2.75, 3.05) is 0 Å². The zero-order chi connectivity index (χ0) is 14.3. The van der Waals surface area contributed by atoms with E-state index >= 15 is 0 Å². The SMILES string of the molecule is O=c1[nH]c(C(F)F)nc2c1cnn2-c1cccc(F)c1. The highest BCUT2D eigenvalue weighted by Gasteiger charge is 2.16. The van der Waals surface area contributed by atoms with Gasteiger partial charge in [-0.05, 0) is 18.2 Å². The first-order chi connectivity index (χ1) is 9.56. The van der Waals surface area contributed by atoms with Gasteiger partial charge in [0, 0.05) is 0 Å². The maximum Gasteiger partial charge on any atom is 0.295 e. The van der Waals surface area contributed by atoms with Crippen molar-refractivity contribution in [1.29, 1.82) is 0 Å². The third-order valence-electron chi connectivity index (χ3n) is 2.72. The first kappa shape index (κ1) is 12.4. The fourth-order valence-corrected chi connectivity index (χ4v) is 1.84. The van der Waals surface area contributed by atoms with Crippen molar-refractivity contribution in [3.8, 4) is 5.69 Å². The van der Waals surface area contributed by atoms with Crippen LogP contribution in [-0.2, 0) is 0 Å². The van der Waals surface area contributed by atoms with Crippen molar-refractivity contribution in [2.45, 2.75) is 6.43 Å². The summed E-state index contributed by atoms with van der Waals surface area (Å²) in [4.78, 5) is 17.3. The van der Waals surface area contributed by atoms with E-state index < -0.39 is 23.6 Å². The van der Waals surface area contributed by atoms with E-state index in [1.165, 1.54) is 24.4 Å². The summed E-state index contributed by atoms with van der Waals surface area (Å²) in [6.07, 6.45) is -1.72. The van der Waals surface area contributed by atoms with Crippen molar-refractivity contribution in [3.63, 3.8) is 0 Å². The number of hydrogen-bond donors (Lipinski definition) is 1. The minimum absolute atomic E-state index is 0.0466. The molecule has 0 amide bonds. The summed E-state index contributed by atoms with van der Waals surface area (Å²) < 4.78 is 39.6. The third-order valence-corrected chi connectivity index (χ3v) is 2.72. The molecule has 1 N–H and O–H groups in total. The van der Waals surface area contributed by atoms with Crippen LogP contribution >= 0.6 is 0 Å². The number of H-pyrrole nitrogens is 1. The Labute approximate surface area is 109 Å². The molecule has 102 valence electrons. The van der Waals surface area contributed by atoms with Crippen molar-refractivity contribution in [3.05, 3.63) is 52.5 Å². The minimum atomic E-state index is -2.91. The second-order valence-electron chi connectivity index (χ2n) is 4.03. The summed E-state index contributed by atoms with van der Waals surface area (Å²) in [6, 6.07) is 5.37. The van der Waals surface area contributed by atoms with Crippen molar-refractivity contribution >= 4 is 11.0 Å². The van der Waals surface area contributed by atoms with Gasteiger partial charge in [0.1, 0.15) is 11.2 Å². The quantitative estimate of drug-likeness (QED) is 0.782. The highest BCUT2D eigenvalue weighted by Crippen LogP contribution is 2.18. The van der Waals surface area contributed by atoms with E-state index in [1.807, 2.05) is 4.98 Å². The van der Waals surface area contributed by atoms with E-state index in [0.29, 0.717) is 5.69 Å². The second-order valence-corrected chi connectivity index (χ2v) is 4.03. The van der Waals surface area contributed by atoms with Crippen LogP contribution in [0.3, 0.4) is 0 Å². The maximum absolute atomic E-state index is 13.2. The molecule has 8 heteroatoms. The Bertz CT molecular complexity index is 840. The fourth-order valence-electron chi connectivity index (χ4n) is 1.84. The molecule has 0 fully saturated rings. The standard InChI is InChI=1S/C12H7F3N4O/c13-6-2-1-3-7(4-6)19-11-8(5-16-19)12(20)18-10(17-11)9(14)15/h1-5,9H,(H,17,18,20). The first-order valence-corrected chi connectivity index (χ1v) is 5.58. The lowest BCUT2D eigenvalue weighted by atomic mass is 10.3. The topological polar surface area (TPSA) is 63.6 Å². The molecule has 2 heterocycles. The summed E-state index contributed by atoms with van der Waals surface area (Å²) in [6.45, 7) is 0. The van der Waals surface area contributed by atoms with Gasteiger partial charge in [-0.1, -0.05) is 6.07 Å². The summed E-state index contributed by atoms with van der Waals surface area (Å²) >= 11 is 0.